The number of nitriles is 1. The minimum absolute atomic E-state index is 0.651. The number of nitrogens with zero attached hydrogens (tertiary/aromatic N) is 2. The van der Waals surface area contributed by atoms with Gasteiger partial charge in [0.15, 0.2) is 0 Å². The minimum atomic E-state index is 0.651. The number of aryl methyl sites for hydroxylation is 1. The molecule has 0 spiro atoms. The van der Waals surface area contributed by atoms with Crippen molar-refractivity contribution in [3.8, 4) is 6.07 Å². The first-order valence-corrected chi connectivity index (χ1v) is 7.21. The first kappa shape index (κ1) is 13.1. The van der Waals surface area contributed by atoms with Gasteiger partial charge in [-0.1, -0.05) is 22.9 Å². The minimum Gasteiger partial charge on any atom is -0.379 e. The summed E-state index contributed by atoms with van der Waals surface area (Å²) in [4.78, 5) is 5.49. The highest BCUT2D eigenvalue weighted by Gasteiger charge is 2.04. The highest BCUT2D eigenvalue weighted by atomic mass is 79.9. The quantitative estimate of drug-likeness (QED) is 0.927. The van der Waals surface area contributed by atoms with Gasteiger partial charge in [0.1, 0.15) is 6.07 Å². The Hall–Kier alpha value is -1.38. The zero-order chi connectivity index (χ0) is 13.0. The van der Waals surface area contributed by atoms with Crippen molar-refractivity contribution in [2.24, 2.45) is 0 Å². The van der Waals surface area contributed by atoms with Crippen LogP contribution < -0.4 is 5.32 Å². The Bertz CT molecular complexity index is 586. The van der Waals surface area contributed by atoms with Crippen molar-refractivity contribution in [2.75, 3.05) is 5.32 Å². The lowest BCUT2D eigenvalue weighted by atomic mass is 10.2. The van der Waals surface area contributed by atoms with Crippen LogP contribution in [0.2, 0.25) is 0 Å². The summed E-state index contributed by atoms with van der Waals surface area (Å²) < 4.78 is 0.961. The Morgan fingerprint density at radius 3 is 3.00 bits per heavy atom. The molecule has 0 saturated heterocycles. The number of hydrogen-bond acceptors (Lipinski definition) is 4. The second-order valence-corrected chi connectivity index (χ2v) is 5.84. The zero-order valence-corrected chi connectivity index (χ0v) is 12.3. The van der Waals surface area contributed by atoms with E-state index in [4.69, 9.17) is 5.26 Å². The Morgan fingerprint density at radius 1 is 1.50 bits per heavy atom. The van der Waals surface area contributed by atoms with Gasteiger partial charge in [-0.3, -0.25) is 0 Å². The maximum atomic E-state index is 9.03. The number of aromatic nitrogens is 1. The third-order valence-corrected chi connectivity index (χ3v) is 4.09. The third-order valence-electron chi connectivity index (χ3n) is 2.46. The topological polar surface area (TPSA) is 48.7 Å². The molecule has 0 radical (unpaired) electrons. The molecule has 0 bridgehead atoms. The molecule has 3 nitrogen and oxygen atoms in total. The molecule has 1 N–H and O–H groups in total. The van der Waals surface area contributed by atoms with Crippen LogP contribution in [0.1, 0.15) is 22.4 Å². The summed E-state index contributed by atoms with van der Waals surface area (Å²) in [6, 6.07) is 7.77. The summed E-state index contributed by atoms with van der Waals surface area (Å²) in [5.41, 5.74) is 1.50. The SMILES string of the molecule is CCc1ncc(CNc2cc(Br)ccc2C#N)s1. The van der Waals surface area contributed by atoms with Crippen molar-refractivity contribution in [3.05, 3.63) is 44.3 Å². The summed E-state index contributed by atoms with van der Waals surface area (Å²) in [5, 5.41) is 13.5. The van der Waals surface area contributed by atoms with E-state index in [-0.39, 0.29) is 0 Å². The van der Waals surface area contributed by atoms with E-state index in [0.717, 1.165) is 21.6 Å². The molecule has 1 aromatic heterocycles. The monoisotopic (exact) mass is 321 g/mol. The van der Waals surface area contributed by atoms with Gasteiger partial charge in [-0.2, -0.15) is 5.26 Å². The molecule has 0 fully saturated rings. The van der Waals surface area contributed by atoms with Crippen LogP contribution in [-0.2, 0) is 13.0 Å². The van der Waals surface area contributed by atoms with Gasteiger partial charge in [-0.15, -0.1) is 11.3 Å². The maximum Gasteiger partial charge on any atom is 0.101 e. The van der Waals surface area contributed by atoms with E-state index in [2.05, 4.69) is 39.2 Å². The van der Waals surface area contributed by atoms with Gasteiger partial charge >= 0.3 is 0 Å². The van der Waals surface area contributed by atoms with Gasteiger partial charge < -0.3 is 5.32 Å². The molecule has 5 heteroatoms. The van der Waals surface area contributed by atoms with Crippen LogP contribution in [0.3, 0.4) is 0 Å². The first-order valence-electron chi connectivity index (χ1n) is 5.60. The molecule has 2 aromatic rings. The van der Waals surface area contributed by atoms with Crippen LogP contribution >= 0.6 is 27.3 Å². The fourth-order valence-corrected chi connectivity index (χ4v) is 2.70. The predicted octanol–water partition coefficient (Wildman–Crippen LogP) is 3.95. The van der Waals surface area contributed by atoms with E-state index in [1.165, 1.54) is 4.88 Å². The normalized spacial score (nSPS) is 10.1. The summed E-state index contributed by atoms with van der Waals surface area (Å²) in [6.45, 7) is 2.79. The average Bonchev–Trinajstić information content (AvgIpc) is 2.84. The Labute approximate surface area is 119 Å². The molecule has 0 aliphatic carbocycles. The first-order chi connectivity index (χ1) is 8.72. The van der Waals surface area contributed by atoms with E-state index in [1.807, 2.05) is 18.3 Å². The molecule has 0 saturated carbocycles. The summed E-state index contributed by atoms with van der Waals surface area (Å²) >= 11 is 5.11. The second kappa shape index (κ2) is 5.98. The van der Waals surface area contributed by atoms with Crippen LogP contribution in [0.25, 0.3) is 0 Å². The molecule has 18 heavy (non-hydrogen) atoms. The maximum absolute atomic E-state index is 9.03. The van der Waals surface area contributed by atoms with Crippen LogP contribution in [0.4, 0.5) is 5.69 Å². The molecule has 0 atom stereocenters. The molecular formula is C13H12BrN3S. The molecular weight excluding hydrogens is 310 g/mol. The van der Waals surface area contributed by atoms with E-state index in [1.54, 1.807) is 17.4 Å². The molecule has 0 amide bonds. The average molecular weight is 322 g/mol. The lowest BCUT2D eigenvalue weighted by Gasteiger charge is -2.07. The standard InChI is InChI=1S/C13H12BrN3S/c1-2-13-17-8-11(18-13)7-16-12-5-10(14)4-3-9(12)6-15/h3-5,8,16H,2,7H2,1H3. The molecule has 1 heterocycles. The molecule has 2 rings (SSSR count). The van der Waals surface area contributed by atoms with Crippen molar-refractivity contribution in [1.82, 2.24) is 4.98 Å². The van der Waals surface area contributed by atoms with Crippen molar-refractivity contribution in [2.45, 2.75) is 19.9 Å². The zero-order valence-electron chi connectivity index (χ0n) is 9.90. The van der Waals surface area contributed by atoms with Crippen LogP contribution in [0.5, 0.6) is 0 Å². The third kappa shape index (κ3) is 3.09. The Balaban J connectivity index is 2.10. The predicted molar refractivity (Wildman–Crippen MR) is 77.7 cm³/mol. The smallest absolute Gasteiger partial charge is 0.101 e. The van der Waals surface area contributed by atoms with Crippen molar-refractivity contribution < 1.29 is 0 Å². The molecule has 0 aliphatic heterocycles. The van der Waals surface area contributed by atoms with Crippen molar-refractivity contribution >= 4 is 33.0 Å². The van der Waals surface area contributed by atoms with Gasteiger partial charge in [0.05, 0.1) is 22.8 Å². The largest absolute Gasteiger partial charge is 0.379 e. The van der Waals surface area contributed by atoms with E-state index in [9.17, 15) is 0 Å². The van der Waals surface area contributed by atoms with Crippen LogP contribution in [-0.4, -0.2) is 4.98 Å². The Morgan fingerprint density at radius 2 is 2.33 bits per heavy atom. The number of thiazole rings is 1. The van der Waals surface area contributed by atoms with Crippen LogP contribution in [0, 0.1) is 11.3 Å². The van der Waals surface area contributed by atoms with Crippen LogP contribution in [0.15, 0.2) is 28.9 Å². The Kier molecular flexibility index (Phi) is 4.34. The fourth-order valence-electron chi connectivity index (χ4n) is 1.54. The van der Waals surface area contributed by atoms with E-state index < -0.39 is 0 Å². The molecule has 0 unspecified atom stereocenters. The number of nitrogens with one attached hydrogen (secondary N) is 1. The van der Waals surface area contributed by atoms with Gasteiger partial charge in [0.25, 0.3) is 0 Å². The number of rotatable bonds is 4. The highest BCUT2D eigenvalue weighted by molar-refractivity contribution is 9.10. The van der Waals surface area contributed by atoms with Gasteiger partial charge in [-0.05, 0) is 24.6 Å². The summed E-state index contributed by atoms with van der Waals surface area (Å²) in [7, 11) is 0. The number of halogens is 1. The van der Waals surface area contributed by atoms with Gasteiger partial charge in [0, 0.05) is 15.5 Å². The van der Waals surface area contributed by atoms with Crippen molar-refractivity contribution in [3.63, 3.8) is 0 Å². The van der Waals surface area contributed by atoms with Gasteiger partial charge in [0.2, 0.25) is 0 Å². The van der Waals surface area contributed by atoms with Crippen molar-refractivity contribution in [1.29, 1.82) is 5.26 Å². The fraction of sp³-hybridized carbons (Fsp3) is 0.231. The molecule has 92 valence electrons. The highest BCUT2D eigenvalue weighted by Crippen LogP contribution is 2.22. The number of hydrogen-bond donors (Lipinski definition) is 1. The van der Waals surface area contributed by atoms with E-state index >= 15 is 0 Å². The number of anilines is 1. The number of benzene rings is 1. The van der Waals surface area contributed by atoms with E-state index in [0.29, 0.717) is 12.1 Å². The summed E-state index contributed by atoms with van der Waals surface area (Å²) in [5.74, 6) is 0. The summed E-state index contributed by atoms with van der Waals surface area (Å²) in [6.07, 6.45) is 2.85. The second-order valence-electron chi connectivity index (χ2n) is 3.73. The lowest BCUT2D eigenvalue weighted by Crippen LogP contribution is -1.99. The molecule has 0 aliphatic rings. The lowest BCUT2D eigenvalue weighted by molar-refractivity contribution is 1.09. The molecule has 1 aromatic carbocycles. The van der Waals surface area contributed by atoms with Gasteiger partial charge in [-0.25, -0.2) is 4.98 Å².